The normalized spacial score (nSPS) is 22.7. The van der Waals surface area contributed by atoms with Crippen molar-refractivity contribution in [3.8, 4) is 0 Å². The number of allylic oxidation sites excluding steroid dienone is 1. The lowest BCUT2D eigenvalue weighted by molar-refractivity contribution is -0.384. The smallest absolute Gasteiger partial charge is 0.288 e. The maximum absolute atomic E-state index is 13.1. The van der Waals surface area contributed by atoms with E-state index in [2.05, 4.69) is 16.7 Å². The molecular formula is C21H20ClN3O3. The summed E-state index contributed by atoms with van der Waals surface area (Å²) in [5, 5.41) is 18.3. The van der Waals surface area contributed by atoms with Crippen molar-refractivity contribution in [2.24, 2.45) is 11.3 Å². The van der Waals surface area contributed by atoms with Gasteiger partial charge in [0.1, 0.15) is 10.8 Å². The van der Waals surface area contributed by atoms with Crippen LogP contribution in [-0.4, -0.2) is 10.7 Å². The first kappa shape index (κ1) is 18.5. The van der Waals surface area contributed by atoms with Gasteiger partial charge in [-0.15, -0.1) is 0 Å². The zero-order valence-electron chi connectivity index (χ0n) is 15.5. The van der Waals surface area contributed by atoms with E-state index in [9.17, 15) is 14.9 Å². The molecule has 2 N–H and O–H groups in total. The largest absolute Gasteiger partial charge is 0.375 e. The van der Waals surface area contributed by atoms with Crippen LogP contribution in [0.15, 0.2) is 54.2 Å². The summed E-state index contributed by atoms with van der Waals surface area (Å²) < 4.78 is 0. The minimum Gasteiger partial charge on any atom is -0.375 e. The molecule has 2 aliphatic rings. The highest BCUT2D eigenvalue weighted by Gasteiger charge is 2.42. The molecule has 1 heterocycles. The Kier molecular flexibility index (Phi) is 4.38. The average Bonchev–Trinajstić information content (AvgIpc) is 2.77. The molecule has 4 rings (SSSR count). The van der Waals surface area contributed by atoms with E-state index in [1.54, 1.807) is 6.07 Å². The van der Waals surface area contributed by atoms with E-state index in [0.29, 0.717) is 12.0 Å². The molecule has 1 aliphatic heterocycles. The summed E-state index contributed by atoms with van der Waals surface area (Å²) in [6.45, 7) is 4.06. The zero-order chi connectivity index (χ0) is 20.1. The first-order chi connectivity index (χ1) is 13.2. The number of para-hydroxylation sites is 2. The molecule has 2 unspecified atom stereocenters. The van der Waals surface area contributed by atoms with Crippen LogP contribution < -0.4 is 10.6 Å². The first-order valence-electron chi connectivity index (χ1n) is 9.07. The Morgan fingerprint density at radius 3 is 2.61 bits per heavy atom. The van der Waals surface area contributed by atoms with Crippen LogP contribution in [0.1, 0.15) is 31.9 Å². The Balaban J connectivity index is 1.89. The first-order valence-corrected chi connectivity index (χ1v) is 9.45. The lowest BCUT2D eigenvalue weighted by atomic mass is 9.72. The van der Waals surface area contributed by atoms with Gasteiger partial charge in [-0.2, -0.15) is 0 Å². The molecule has 0 fully saturated rings. The van der Waals surface area contributed by atoms with Crippen molar-refractivity contribution in [1.82, 2.24) is 0 Å². The van der Waals surface area contributed by atoms with Gasteiger partial charge in [0, 0.05) is 18.2 Å². The average molecular weight is 398 g/mol. The number of carbonyl (C=O) groups excluding carboxylic acids is 1. The monoisotopic (exact) mass is 397 g/mol. The van der Waals surface area contributed by atoms with Gasteiger partial charge in [-0.05, 0) is 29.2 Å². The third-order valence-corrected chi connectivity index (χ3v) is 5.55. The summed E-state index contributed by atoms with van der Waals surface area (Å²) in [4.78, 5) is 24.0. The number of nitro benzene ring substituents is 1. The quantitative estimate of drug-likeness (QED) is 0.528. The molecular weight excluding hydrogens is 378 g/mol. The third-order valence-electron chi connectivity index (χ3n) is 5.23. The molecule has 2 aromatic rings. The Morgan fingerprint density at radius 1 is 1.18 bits per heavy atom. The minimum atomic E-state index is -0.503. The predicted octanol–water partition coefficient (Wildman–Crippen LogP) is 5.33. The van der Waals surface area contributed by atoms with E-state index in [1.165, 1.54) is 12.1 Å². The SMILES string of the molecule is CC1(C)C=C2Nc3ccccc3NC(c3ccc(Cl)c([N+](=O)[O-])c3)C2C(=O)C1. The summed E-state index contributed by atoms with van der Waals surface area (Å²) >= 11 is 5.99. The molecule has 0 saturated heterocycles. The van der Waals surface area contributed by atoms with Crippen molar-refractivity contribution < 1.29 is 9.72 Å². The molecule has 7 heteroatoms. The summed E-state index contributed by atoms with van der Waals surface area (Å²) in [5.41, 5.74) is 2.76. The second kappa shape index (κ2) is 6.63. The standard InChI is InChI=1S/C21H20ClN3O3/c1-21(2)10-16-19(18(26)11-21)20(24-15-6-4-3-5-14(15)23-16)12-7-8-13(22)17(9-12)25(27)28/h3-10,19-20,23-24H,11H2,1-2H3. The van der Waals surface area contributed by atoms with Crippen LogP contribution in [0.2, 0.25) is 5.02 Å². The van der Waals surface area contributed by atoms with Gasteiger partial charge in [0.15, 0.2) is 0 Å². The molecule has 0 amide bonds. The van der Waals surface area contributed by atoms with E-state index in [0.717, 1.165) is 17.1 Å². The van der Waals surface area contributed by atoms with Gasteiger partial charge >= 0.3 is 0 Å². The van der Waals surface area contributed by atoms with Crippen LogP contribution in [0.5, 0.6) is 0 Å². The number of Topliss-reactive ketones (excluding diaryl/α,β-unsaturated/α-hetero) is 1. The number of hydrogen-bond acceptors (Lipinski definition) is 5. The topological polar surface area (TPSA) is 84.3 Å². The Hall–Kier alpha value is -2.86. The van der Waals surface area contributed by atoms with E-state index < -0.39 is 16.9 Å². The van der Waals surface area contributed by atoms with Gasteiger partial charge in [-0.1, -0.05) is 49.7 Å². The van der Waals surface area contributed by atoms with Crippen LogP contribution >= 0.6 is 11.6 Å². The van der Waals surface area contributed by atoms with Crippen molar-refractivity contribution in [1.29, 1.82) is 0 Å². The van der Waals surface area contributed by atoms with Crippen molar-refractivity contribution >= 4 is 34.4 Å². The van der Waals surface area contributed by atoms with Gasteiger partial charge in [0.05, 0.1) is 28.3 Å². The summed E-state index contributed by atoms with van der Waals surface area (Å²) in [7, 11) is 0. The highest BCUT2D eigenvalue weighted by molar-refractivity contribution is 6.32. The number of anilines is 2. The molecule has 2 aromatic carbocycles. The lowest BCUT2D eigenvalue weighted by Gasteiger charge is -2.35. The van der Waals surface area contributed by atoms with Crippen LogP contribution in [0.3, 0.4) is 0 Å². The number of halogens is 1. The number of nitrogens with zero attached hydrogens (tertiary/aromatic N) is 1. The van der Waals surface area contributed by atoms with Crippen LogP contribution in [0.4, 0.5) is 17.1 Å². The van der Waals surface area contributed by atoms with Gasteiger partial charge in [0.2, 0.25) is 0 Å². The molecule has 28 heavy (non-hydrogen) atoms. The van der Waals surface area contributed by atoms with Gasteiger partial charge in [-0.3, -0.25) is 14.9 Å². The lowest BCUT2D eigenvalue weighted by Crippen LogP contribution is -2.36. The van der Waals surface area contributed by atoms with Gasteiger partial charge < -0.3 is 10.6 Å². The predicted molar refractivity (Wildman–Crippen MR) is 110 cm³/mol. The number of carbonyl (C=O) groups is 1. The summed E-state index contributed by atoms with van der Waals surface area (Å²) in [6.07, 6.45) is 2.51. The van der Waals surface area contributed by atoms with E-state index in [4.69, 9.17) is 11.6 Å². The Bertz CT molecular complexity index is 1020. The number of benzene rings is 2. The number of rotatable bonds is 2. The highest BCUT2D eigenvalue weighted by atomic mass is 35.5. The molecule has 1 aliphatic carbocycles. The fraction of sp³-hybridized carbons (Fsp3) is 0.286. The molecule has 0 saturated carbocycles. The second-order valence-corrected chi connectivity index (χ2v) is 8.38. The van der Waals surface area contributed by atoms with E-state index in [-0.39, 0.29) is 21.9 Å². The van der Waals surface area contributed by atoms with Crippen LogP contribution in [0, 0.1) is 21.4 Å². The number of nitro groups is 1. The van der Waals surface area contributed by atoms with E-state index in [1.807, 2.05) is 38.1 Å². The number of nitrogens with one attached hydrogen (secondary N) is 2. The fourth-order valence-corrected chi connectivity index (χ4v) is 4.22. The molecule has 0 radical (unpaired) electrons. The van der Waals surface area contributed by atoms with E-state index >= 15 is 0 Å². The third kappa shape index (κ3) is 3.24. The maximum atomic E-state index is 13.1. The number of hydrogen-bond donors (Lipinski definition) is 2. The Labute approximate surface area is 167 Å². The van der Waals surface area contributed by atoms with Gasteiger partial charge in [0.25, 0.3) is 5.69 Å². The molecule has 2 atom stereocenters. The van der Waals surface area contributed by atoms with Crippen molar-refractivity contribution in [2.45, 2.75) is 26.3 Å². The Morgan fingerprint density at radius 2 is 1.89 bits per heavy atom. The summed E-state index contributed by atoms with van der Waals surface area (Å²) in [5.74, 6) is -0.376. The minimum absolute atomic E-state index is 0.0766. The molecule has 0 spiro atoms. The van der Waals surface area contributed by atoms with Crippen molar-refractivity contribution in [3.05, 3.63) is 74.9 Å². The van der Waals surface area contributed by atoms with Crippen LogP contribution in [0.25, 0.3) is 0 Å². The molecule has 6 nitrogen and oxygen atoms in total. The zero-order valence-corrected chi connectivity index (χ0v) is 16.3. The second-order valence-electron chi connectivity index (χ2n) is 7.97. The van der Waals surface area contributed by atoms with Crippen molar-refractivity contribution in [2.75, 3.05) is 10.6 Å². The van der Waals surface area contributed by atoms with Crippen molar-refractivity contribution in [3.63, 3.8) is 0 Å². The fourth-order valence-electron chi connectivity index (χ4n) is 4.04. The molecule has 0 bridgehead atoms. The summed E-state index contributed by atoms with van der Waals surface area (Å²) in [6, 6.07) is 12.0. The maximum Gasteiger partial charge on any atom is 0.288 e. The number of fused-ring (bicyclic) bond motifs is 2. The molecule has 144 valence electrons. The molecule has 0 aromatic heterocycles. The highest BCUT2D eigenvalue weighted by Crippen LogP contribution is 2.46. The number of ketones is 1. The van der Waals surface area contributed by atoms with Crippen LogP contribution in [-0.2, 0) is 4.79 Å². The van der Waals surface area contributed by atoms with Gasteiger partial charge in [-0.25, -0.2) is 0 Å².